The fourth-order valence-corrected chi connectivity index (χ4v) is 1.31. The molecule has 16 heavy (non-hydrogen) atoms. The Morgan fingerprint density at radius 1 is 1.38 bits per heavy atom. The Bertz CT molecular complexity index is 424. The maximum atomic E-state index is 10.8. The van der Waals surface area contributed by atoms with Crippen LogP contribution in [0.25, 0.3) is 0 Å². The molecular formula is C11H12O5. The molecule has 3 N–H and O–H groups in total. The SMILES string of the molecule is CC(=O)Cc1ccc(C(O)C(=O)O)cc1O. The number of aromatic hydroxyl groups is 1. The average molecular weight is 224 g/mol. The van der Waals surface area contributed by atoms with Gasteiger partial charge in [0.2, 0.25) is 0 Å². The van der Waals surface area contributed by atoms with Crippen LogP contribution < -0.4 is 0 Å². The maximum absolute atomic E-state index is 10.8. The lowest BCUT2D eigenvalue weighted by Crippen LogP contribution is -2.10. The van der Waals surface area contributed by atoms with E-state index >= 15 is 0 Å². The van der Waals surface area contributed by atoms with Gasteiger partial charge in [0.05, 0.1) is 0 Å². The van der Waals surface area contributed by atoms with Crippen molar-refractivity contribution in [2.45, 2.75) is 19.4 Å². The summed E-state index contributed by atoms with van der Waals surface area (Å²) in [5.41, 5.74) is 0.492. The number of aliphatic hydroxyl groups is 1. The van der Waals surface area contributed by atoms with Crippen molar-refractivity contribution in [2.75, 3.05) is 0 Å². The summed E-state index contributed by atoms with van der Waals surface area (Å²) in [7, 11) is 0. The van der Waals surface area contributed by atoms with Gasteiger partial charge >= 0.3 is 5.97 Å². The molecule has 0 radical (unpaired) electrons. The van der Waals surface area contributed by atoms with Gasteiger partial charge in [0.25, 0.3) is 0 Å². The molecule has 0 heterocycles. The number of aliphatic hydroxyl groups excluding tert-OH is 1. The van der Waals surface area contributed by atoms with Crippen molar-refractivity contribution in [1.29, 1.82) is 0 Å². The highest BCUT2D eigenvalue weighted by molar-refractivity contribution is 5.79. The summed E-state index contributed by atoms with van der Waals surface area (Å²) < 4.78 is 0. The van der Waals surface area contributed by atoms with Crippen molar-refractivity contribution < 1.29 is 24.9 Å². The number of Topliss-reactive ketones (excluding diaryl/α,β-unsaturated/α-hetero) is 1. The second-order valence-electron chi connectivity index (χ2n) is 3.51. The lowest BCUT2D eigenvalue weighted by molar-refractivity contribution is -0.147. The van der Waals surface area contributed by atoms with Gasteiger partial charge in [-0.2, -0.15) is 0 Å². The van der Waals surface area contributed by atoms with Gasteiger partial charge in [-0.15, -0.1) is 0 Å². The number of hydrogen-bond donors (Lipinski definition) is 3. The molecule has 1 aromatic carbocycles. The quantitative estimate of drug-likeness (QED) is 0.697. The lowest BCUT2D eigenvalue weighted by atomic mass is 10.0. The van der Waals surface area contributed by atoms with Crippen molar-refractivity contribution in [3.63, 3.8) is 0 Å². The van der Waals surface area contributed by atoms with Crippen molar-refractivity contribution in [1.82, 2.24) is 0 Å². The number of aliphatic carboxylic acids is 1. The summed E-state index contributed by atoms with van der Waals surface area (Å²) in [6, 6.07) is 3.95. The zero-order valence-corrected chi connectivity index (χ0v) is 8.67. The number of rotatable bonds is 4. The molecule has 0 saturated carbocycles. The van der Waals surface area contributed by atoms with Gasteiger partial charge in [-0.3, -0.25) is 4.79 Å². The van der Waals surface area contributed by atoms with Crippen molar-refractivity contribution in [3.05, 3.63) is 29.3 Å². The first-order valence-electron chi connectivity index (χ1n) is 4.64. The minimum Gasteiger partial charge on any atom is -0.508 e. The molecule has 1 aromatic rings. The summed E-state index contributed by atoms with van der Waals surface area (Å²) >= 11 is 0. The Morgan fingerprint density at radius 3 is 2.44 bits per heavy atom. The van der Waals surface area contributed by atoms with Gasteiger partial charge in [-0.25, -0.2) is 4.79 Å². The van der Waals surface area contributed by atoms with E-state index in [4.69, 9.17) is 5.11 Å². The van der Waals surface area contributed by atoms with Gasteiger partial charge < -0.3 is 15.3 Å². The van der Waals surface area contributed by atoms with E-state index in [-0.39, 0.29) is 23.5 Å². The topological polar surface area (TPSA) is 94.8 Å². The van der Waals surface area contributed by atoms with E-state index in [1.165, 1.54) is 19.1 Å². The number of carboxylic acids is 1. The van der Waals surface area contributed by atoms with E-state index in [9.17, 15) is 19.8 Å². The average Bonchev–Trinajstić information content (AvgIpc) is 2.19. The number of ketones is 1. The fraction of sp³-hybridized carbons (Fsp3) is 0.273. The van der Waals surface area contributed by atoms with Crippen LogP contribution in [0.4, 0.5) is 0 Å². The molecule has 5 heteroatoms. The minimum atomic E-state index is -1.67. The predicted molar refractivity (Wildman–Crippen MR) is 55.1 cm³/mol. The van der Waals surface area contributed by atoms with E-state index in [0.717, 1.165) is 6.07 Å². The Kier molecular flexibility index (Phi) is 3.63. The van der Waals surface area contributed by atoms with Crippen LogP contribution in [-0.2, 0) is 16.0 Å². The Labute approximate surface area is 92.0 Å². The Morgan fingerprint density at radius 2 is 2.00 bits per heavy atom. The third-order valence-electron chi connectivity index (χ3n) is 2.10. The van der Waals surface area contributed by atoms with E-state index in [1.807, 2.05) is 0 Å². The van der Waals surface area contributed by atoms with E-state index < -0.39 is 12.1 Å². The van der Waals surface area contributed by atoms with Crippen LogP contribution in [0.3, 0.4) is 0 Å². The number of phenols is 1. The van der Waals surface area contributed by atoms with Crippen LogP contribution in [0.2, 0.25) is 0 Å². The summed E-state index contributed by atoms with van der Waals surface area (Å²) in [5, 5.41) is 27.3. The molecule has 1 atom stereocenters. The van der Waals surface area contributed by atoms with Crippen molar-refractivity contribution >= 4 is 11.8 Å². The van der Waals surface area contributed by atoms with Crippen LogP contribution in [0, 0.1) is 0 Å². The molecule has 0 bridgehead atoms. The smallest absolute Gasteiger partial charge is 0.337 e. The maximum Gasteiger partial charge on any atom is 0.337 e. The molecule has 5 nitrogen and oxygen atoms in total. The molecule has 0 aromatic heterocycles. The summed E-state index contributed by atoms with van der Waals surface area (Å²) in [5.74, 6) is -1.69. The van der Waals surface area contributed by atoms with Crippen LogP contribution in [0.5, 0.6) is 5.75 Å². The molecule has 0 aliphatic carbocycles. The first kappa shape index (κ1) is 12.2. The van der Waals surface area contributed by atoms with Crippen LogP contribution in [-0.4, -0.2) is 27.1 Å². The molecular weight excluding hydrogens is 212 g/mol. The number of phenolic OH excluding ortho intramolecular Hbond substituents is 1. The number of carbonyl (C=O) groups is 2. The van der Waals surface area contributed by atoms with Crippen molar-refractivity contribution in [2.24, 2.45) is 0 Å². The van der Waals surface area contributed by atoms with Gasteiger partial charge in [0.1, 0.15) is 11.5 Å². The number of carboxylic acid groups (broad SMARTS) is 1. The normalized spacial score (nSPS) is 12.1. The number of hydrogen-bond acceptors (Lipinski definition) is 4. The monoisotopic (exact) mass is 224 g/mol. The van der Waals surface area contributed by atoms with E-state index in [1.54, 1.807) is 0 Å². The molecule has 0 aliphatic rings. The Balaban J connectivity index is 2.99. The number of benzene rings is 1. The second kappa shape index (κ2) is 4.76. The first-order valence-corrected chi connectivity index (χ1v) is 4.64. The van der Waals surface area contributed by atoms with Crippen LogP contribution in [0.1, 0.15) is 24.2 Å². The summed E-state index contributed by atoms with van der Waals surface area (Å²) in [6.07, 6.45) is -1.59. The summed E-state index contributed by atoms with van der Waals surface area (Å²) in [4.78, 5) is 21.3. The van der Waals surface area contributed by atoms with Crippen LogP contribution in [0.15, 0.2) is 18.2 Å². The Hall–Kier alpha value is -1.88. The second-order valence-corrected chi connectivity index (χ2v) is 3.51. The molecule has 0 saturated heterocycles. The molecule has 1 unspecified atom stereocenters. The zero-order chi connectivity index (χ0) is 12.3. The molecule has 0 amide bonds. The van der Waals surface area contributed by atoms with E-state index in [0.29, 0.717) is 5.56 Å². The largest absolute Gasteiger partial charge is 0.508 e. The molecule has 0 aliphatic heterocycles. The number of carbonyl (C=O) groups excluding carboxylic acids is 1. The summed E-state index contributed by atoms with van der Waals surface area (Å²) in [6.45, 7) is 1.39. The fourth-order valence-electron chi connectivity index (χ4n) is 1.31. The third kappa shape index (κ3) is 2.80. The van der Waals surface area contributed by atoms with E-state index in [2.05, 4.69) is 0 Å². The highest BCUT2D eigenvalue weighted by Gasteiger charge is 2.17. The standard InChI is InChI=1S/C11H12O5/c1-6(12)4-7-2-3-8(5-9(7)13)10(14)11(15)16/h2-3,5,10,13-14H,4H2,1H3,(H,15,16). The highest BCUT2D eigenvalue weighted by atomic mass is 16.4. The van der Waals surface area contributed by atoms with Gasteiger partial charge in [0, 0.05) is 12.0 Å². The van der Waals surface area contributed by atoms with Crippen LogP contribution >= 0.6 is 0 Å². The van der Waals surface area contributed by atoms with Crippen molar-refractivity contribution in [3.8, 4) is 5.75 Å². The molecule has 0 fully saturated rings. The predicted octanol–water partition coefficient (Wildman–Crippen LogP) is 0.642. The minimum absolute atomic E-state index is 0.0787. The third-order valence-corrected chi connectivity index (χ3v) is 2.10. The van der Waals surface area contributed by atoms with Gasteiger partial charge in [-0.1, -0.05) is 12.1 Å². The zero-order valence-electron chi connectivity index (χ0n) is 8.67. The first-order chi connectivity index (χ1) is 7.41. The highest BCUT2D eigenvalue weighted by Crippen LogP contribution is 2.23. The van der Waals surface area contributed by atoms with Gasteiger partial charge in [0.15, 0.2) is 6.10 Å². The molecule has 86 valence electrons. The lowest BCUT2D eigenvalue weighted by Gasteiger charge is -2.08. The van der Waals surface area contributed by atoms with Gasteiger partial charge in [-0.05, 0) is 18.6 Å². The molecule has 1 rings (SSSR count). The molecule has 0 spiro atoms.